The summed E-state index contributed by atoms with van der Waals surface area (Å²) in [7, 11) is -14.1. The maximum atomic E-state index is 13.0. The smallest absolute Gasteiger partial charge is 0.426 e. The number of carbonyl (C=O) groups is 6. The van der Waals surface area contributed by atoms with Gasteiger partial charge < -0.3 is 55.6 Å². The lowest BCUT2D eigenvalue weighted by atomic mass is 10.2. The van der Waals surface area contributed by atoms with Crippen LogP contribution in [0.3, 0.4) is 0 Å². The predicted octanol–water partition coefficient (Wildman–Crippen LogP) is 17.9. The molecule has 0 bridgehead atoms. The molecule has 6 aromatic carbocycles. The molecular formula is C60H60Br6N3O18P3. The Kier molecular flexibility index (Phi) is 27.1. The lowest BCUT2D eigenvalue weighted by molar-refractivity contribution is -0.138. The fourth-order valence-corrected chi connectivity index (χ4v) is 17.3. The summed E-state index contributed by atoms with van der Waals surface area (Å²) in [6, 6.07) is 35.7. The molecule has 0 fully saturated rings. The van der Waals surface area contributed by atoms with E-state index in [2.05, 4.69) is 95.6 Å². The van der Waals surface area contributed by atoms with Crippen LogP contribution >= 0.6 is 119 Å². The highest BCUT2D eigenvalue weighted by molar-refractivity contribution is 9.10. The minimum atomic E-state index is -4.69. The van der Waals surface area contributed by atoms with E-state index in [9.17, 15) is 28.8 Å². The molecule has 7 rings (SSSR count). The number of nitrogens with zero attached hydrogens (tertiary/aromatic N) is 3. The summed E-state index contributed by atoms with van der Waals surface area (Å²) in [6.07, 6.45) is 0. The van der Waals surface area contributed by atoms with E-state index in [0.29, 0.717) is 32.0 Å². The van der Waals surface area contributed by atoms with Crippen LogP contribution in [-0.4, -0.2) is 67.8 Å². The highest BCUT2D eigenvalue weighted by Crippen LogP contribution is 2.78. The SMILES string of the molecule is CC(CBr)C(=O)Oc1ccc(OP2(Oc3ccc(OC(=O)C(C)CBr)cc3)=NP(Oc3ccc(OC(=O)C(C)CBr)cc3)(Oc3ccc(OC(=O)C(C)CBr)cc3)=NP(Oc3ccc(OC(=O)C(C)CBr)cc3)(Oc3ccc(OC(=O)C(C)CBr)cc3)=N2)cc1. The third kappa shape index (κ3) is 20.8. The Hall–Kier alpha value is -5.49. The molecule has 21 nitrogen and oxygen atoms in total. The lowest BCUT2D eigenvalue weighted by Crippen LogP contribution is -2.18. The standard InChI is InChI=1S/C60H60Br6N3O18P3/c1-37(31-61)55(70)76-43-7-19-49(20-8-43)82-88(83-50-21-9-44(10-22-50)77-56(71)38(2)32-62)67-89(84-51-23-11-45(12-24-51)78-57(72)39(3)33-63,85-52-25-13-46(14-26-52)79-58(73)40(4)34-64)69-90(68-88,86-53-27-15-47(16-28-53)80-59(74)41(5)35-65)87-54-29-17-48(18-30-54)81-60(75)42(6)36-66/h7-30,37-42H,31-36H2,1-6H3. The Balaban J connectivity index is 1.54. The zero-order chi connectivity index (χ0) is 65.2. The van der Waals surface area contributed by atoms with Crippen molar-refractivity contribution in [2.45, 2.75) is 41.5 Å². The summed E-state index contributed by atoms with van der Waals surface area (Å²) >= 11 is 20.0. The second kappa shape index (κ2) is 33.9. The molecule has 1 heterocycles. The second-order valence-corrected chi connectivity index (χ2v) is 30.0. The number of carbonyl (C=O) groups excluding carboxylic acids is 6. The van der Waals surface area contributed by atoms with Gasteiger partial charge in [-0.2, -0.15) is 0 Å². The maximum Gasteiger partial charge on any atom is 0.460 e. The van der Waals surface area contributed by atoms with Crippen LogP contribution in [-0.2, 0) is 28.8 Å². The first kappa shape index (κ1) is 71.9. The van der Waals surface area contributed by atoms with Gasteiger partial charge in [-0.1, -0.05) is 151 Å². The Morgan fingerprint density at radius 3 is 0.478 bits per heavy atom. The summed E-state index contributed by atoms with van der Waals surface area (Å²) in [5.74, 6) is -4.74. The molecule has 0 saturated carbocycles. The van der Waals surface area contributed by atoms with Crippen molar-refractivity contribution in [3.8, 4) is 69.0 Å². The van der Waals surface area contributed by atoms with Crippen LogP contribution in [0, 0.1) is 35.5 Å². The number of hydrogen-bond acceptors (Lipinski definition) is 21. The molecule has 6 atom stereocenters. The zero-order valence-corrected chi connectivity index (χ0v) is 61.1. The average molecular weight is 1680 g/mol. The van der Waals surface area contributed by atoms with E-state index in [4.69, 9.17) is 69.1 Å². The van der Waals surface area contributed by atoms with Gasteiger partial charge in [-0.05, 0) is 146 Å². The monoisotopic (exact) mass is 1680 g/mol. The number of alkyl halides is 6. The molecular weight excluding hydrogens is 1620 g/mol. The van der Waals surface area contributed by atoms with Gasteiger partial charge >= 0.3 is 58.8 Å². The summed E-state index contributed by atoms with van der Waals surface area (Å²) < 4.78 is 91.9. The first-order valence-electron chi connectivity index (χ1n) is 27.4. The number of esters is 6. The Morgan fingerprint density at radius 2 is 0.367 bits per heavy atom. The molecule has 6 unspecified atom stereocenters. The van der Waals surface area contributed by atoms with Crippen LogP contribution < -0.4 is 55.6 Å². The molecule has 6 aromatic rings. The van der Waals surface area contributed by atoms with Crippen molar-refractivity contribution in [3.63, 3.8) is 0 Å². The van der Waals surface area contributed by atoms with Gasteiger partial charge in [0.15, 0.2) is 0 Å². The van der Waals surface area contributed by atoms with Crippen molar-refractivity contribution in [3.05, 3.63) is 146 Å². The number of rotatable bonds is 30. The van der Waals surface area contributed by atoms with Gasteiger partial charge in [-0.3, -0.25) is 28.8 Å². The molecule has 480 valence electrons. The minimum Gasteiger partial charge on any atom is -0.426 e. The topological polar surface area (TPSA) is 250 Å². The highest BCUT2D eigenvalue weighted by Gasteiger charge is 2.49. The molecule has 1 aliphatic rings. The molecule has 0 aliphatic carbocycles. The van der Waals surface area contributed by atoms with E-state index < -0.39 is 94.3 Å². The lowest BCUT2D eigenvalue weighted by Gasteiger charge is -2.33. The second-order valence-electron chi connectivity index (χ2n) is 20.0. The summed E-state index contributed by atoms with van der Waals surface area (Å²) in [5, 5.41) is 2.08. The Morgan fingerprint density at radius 1 is 0.256 bits per heavy atom. The fourth-order valence-electron chi connectivity index (χ4n) is 6.67. The third-order valence-electron chi connectivity index (χ3n) is 12.1. The van der Waals surface area contributed by atoms with Crippen LogP contribution in [0.5, 0.6) is 69.0 Å². The molecule has 90 heavy (non-hydrogen) atoms. The molecule has 0 saturated heterocycles. The molecule has 0 amide bonds. The quantitative estimate of drug-likeness (QED) is 0.0176. The van der Waals surface area contributed by atoms with Crippen molar-refractivity contribution < 1.29 is 84.3 Å². The summed E-state index contributed by atoms with van der Waals surface area (Å²) in [6.45, 7) is 10.2. The van der Waals surface area contributed by atoms with Crippen LogP contribution in [0.1, 0.15) is 41.5 Å². The predicted molar refractivity (Wildman–Crippen MR) is 362 cm³/mol. The largest absolute Gasteiger partial charge is 0.460 e. The molecule has 1 aliphatic heterocycles. The molecule has 0 N–H and O–H groups in total. The van der Waals surface area contributed by atoms with Crippen molar-refractivity contribution in [1.29, 1.82) is 0 Å². The molecule has 30 heteroatoms. The van der Waals surface area contributed by atoms with Gasteiger partial charge in [0.2, 0.25) is 0 Å². The van der Waals surface area contributed by atoms with Gasteiger partial charge in [0.05, 0.1) is 35.5 Å². The normalized spacial score (nSPS) is 18.7. The van der Waals surface area contributed by atoms with Crippen molar-refractivity contribution in [2.24, 2.45) is 49.1 Å². The number of halogens is 6. The van der Waals surface area contributed by atoms with E-state index in [0.717, 1.165) is 0 Å². The van der Waals surface area contributed by atoms with Gasteiger partial charge in [0.1, 0.15) is 69.0 Å². The Bertz CT molecular complexity index is 3030. The van der Waals surface area contributed by atoms with Crippen molar-refractivity contribution >= 4 is 154 Å². The maximum absolute atomic E-state index is 13.0. The average Bonchev–Trinajstić information content (AvgIpc) is 1.15. The van der Waals surface area contributed by atoms with Crippen molar-refractivity contribution in [2.75, 3.05) is 32.0 Å². The number of hydrogen-bond donors (Lipinski definition) is 0. The van der Waals surface area contributed by atoms with Crippen LogP contribution in [0.15, 0.2) is 159 Å². The van der Waals surface area contributed by atoms with E-state index in [-0.39, 0.29) is 69.0 Å². The highest BCUT2D eigenvalue weighted by atomic mass is 79.9. The van der Waals surface area contributed by atoms with E-state index in [1.54, 1.807) is 41.5 Å². The zero-order valence-electron chi connectivity index (χ0n) is 48.9. The minimum absolute atomic E-state index is 0.0390. The van der Waals surface area contributed by atoms with E-state index in [1.807, 2.05) is 0 Å². The summed E-state index contributed by atoms with van der Waals surface area (Å²) in [4.78, 5) is 77.9. The first-order valence-corrected chi connectivity index (χ1v) is 38.7. The van der Waals surface area contributed by atoms with Crippen LogP contribution in [0.4, 0.5) is 0 Å². The van der Waals surface area contributed by atoms with Gasteiger partial charge in [-0.25, -0.2) is 0 Å². The van der Waals surface area contributed by atoms with Gasteiger partial charge in [0.25, 0.3) is 0 Å². The fraction of sp³-hybridized carbons (Fsp3) is 0.300. The molecule has 0 spiro atoms. The van der Waals surface area contributed by atoms with Gasteiger partial charge in [-0.15, -0.1) is 0 Å². The van der Waals surface area contributed by atoms with E-state index >= 15 is 0 Å². The third-order valence-corrected chi connectivity index (χ3v) is 26.0. The summed E-state index contributed by atoms with van der Waals surface area (Å²) in [5.41, 5.74) is 0. The molecule has 0 aromatic heterocycles. The first-order chi connectivity index (χ1) is 43.0. The van der Waals surface area contributed by atoms with Gasteiger partial charge in [0, 0.05) is 32.0 Å². The van der Waals surface area contributed by atoms with Crippen molar-refractivity contribution in [1.82, 2.24) is 0 Å². The molecule has 0 radical (unpaired) electrons. The van der Waals surface area contributed by atoms with E-state index in [1.165, 1.54) is 146 Å². The van der Waals surface area contributed by atoms with Crippen LogP contribution in [0.25, 0.3) is 0 Å². The number of benzene rings is 6. The Labute approximate surface area is 571 Å². The van der Waals surface area contributed by atoms with Crippen LogP contribution in [0.2, 0.25) is 0 Å². The number of ether oxygens (including phenoxy) is 6.